The normalized spacial score (nSPS) is 19.9. The van der Waals surface area contributed by atoms with Crippen LogP contribution in [0.3, 0.4) is 0 Å². The predicted octanol–water partition coefficient (Wildman–Crippen LogP) is 1.66. The lowest BCUT2D eigenvalue weighted by atomic mass is 10.1. The van der Waals surface area contributed by atoms with Crippen molar-refractivity contribution in [1.82, 2.24) is 0 Å². The quantitative estimate of drug-likeness (QED) is 0.833. The smallest absolute Gasteiger partial charge is 0.0434 e. The van der Waals surface area contributed by atoms with Gasteiger partial charge in [0.15, 0.2) is 0 Å². The van der Waals surface area contributed by atoms with Crippen molar-refractivity contribution in [2.45, 2.75) is 26.3 Å². The van der Waals surface area contributed by atoms with Gasteiger partial charge in [-0.05, 0) is 42.9 Å². The van der Waals surface area contributed by atoms with E-state index in [4.69, 9.17) is 10.8 Å². The second kappa shape index (κ2) is 5.52. The molecule has 0 aliphatic carbocycles. The molecule has 1 aliphatic rings. The fraction of sp³-hybridized carbons (Fsp3) is 0.571. The summed E-state index contributed by atoms with van der Waals surface area (Å²) in [5, 5.41) is 8.97. The molecule has 0 amide bonds. The number of rotatable bonds is 4. The van der Waals surface area contributed by atoms with Crippen LogP contribution in [0.2, 0.25) is 0 Å². The highest BCUT2D eigenvalue weighted by atomic mass is 16.3. The molecule has 3 N–H and O–H groups in total. The monoisotopic (exact) mass is 234 g/mol. The van der Waals surface area contributed by atoms with E-state index in [0.717, 1.165) is 19.5 Å². The number of benzene rings is 1. The number of hydrogen-bond donors (Lipinski definition) is 2. The topological polar surface area (TPSA) is 49.5 Å². The summed E-state index contributed by atoms with van der Waals surface area (Å²) in [5.41, 5.74) is 9.46. The highest BCUT2D eigenvalue weighted by Crippen LogP contribution is 2.28. The maximum absolute atomic E-state index is 8.97. The minimum Gasteiger partial charge on any atom is -0.396 e. The largest absolute Gasteiger partial charge is 0.396 e. The minimum absolute atomic E-state index is 0.309. The van der Waals surface area contributed by atoms with Crippen LogP contribution in [0.4, 0.5) is 5.69 Å². The van der Waals surface area contributed by atoms with Gasteiger partial charge in [-0.15, -0.1) is 0 Å². The summed E-state index contributed by atoms with van der Waals surface area (Å²) < 4.78 is 0. The molecule has 1 saturated heterocycles. The van der Waals surface area contributed by atoms with Crippen molar-refractivity contribution < 1.29 is 5.11 Å². The van der Waals surface area contributed by atoms with Gasteiger partial charge in [-0.1, -0.05) is 12.1 Å². The molecule has 1 aromatic rings. The molecule has 3 nitrogen and oxygen atoms in total. The molecule has 1 aliphatic heterocycles. The van der Waals surface area contributed by atoms with E-state index in [2.05, 4.69) is 30.0 Å². The first kappa shape index (κ1) is 12.4. The van der Waals surface area contributed by atoms with Crippen molar-refractivity contribution in [3.8, 4) is 0 Å². The number of nitrogens with two attached hydrogens (primary N) is 1. The SMILES string of the molecule is Cc1cc(CN)ccc1N1CCC(CCO)C1. The van der Waals surface area contributed by atoms with Crippen LogP contribution in [0.5, 0.6) is 0 Å². The molecule has 1 heterocycles. The van der Waals surface area contributed by atoms with E-state index < -0.39 is 0 Å². The standard InChI is InChI=1S/C14H22N2O/c1-11-8-13(9-15)2-3-14(11)16-6-4-12(10-16)5-7-17/h2-3,8,12,17H,4-7,9-10,15H2,1H3. The number of aliphatic hydroxyl groups is 1. The number of aryl methyl sites for hydroxylation is 1. The fourth-order valence-electron chi connectivity index (χ4n) is 2.67. The predicted molar refractivity (Wildman–Crippen MR) is 71.1 cm³/mol. The van der Waals surface area contributed by atoms with Gasteiger partial charge in [0.25, 0.3) is 0 Å². The number of aliphatic hydroxyl groups excluding tert-OH is 1. The Morgan fingerprint density at radius 3 is 2.94 bits per heavy atom. The Labute approximate surface area is 103 Å². The Hall–Kier alpha value is -1.06. The van der Waals surface area contributed by atoms with Gasteiger partial charge in [-0.3, -0.25) is 0 Å². The molecular formula is C14H22N2O. The second-order valence-electron chi connectivity index (χ2n) is 4.94. The molecule has 0 radical (unpaired) electrons. The van der Waals surface area contributed by atoms with Crippen LogP contribution in [0.1, 0.15) is 24.0 Å². The summed E-state index contributed by atoms with van der Waals surface area (Å²) in [5.74, 6) is 0.647. The van der Waals surface area contributed by atoms with E-state index in [1.807, 2.05) is 0 Å². The van der Waals surface area contributed by atoms with E-state index >= 15 is 0 Å². The maximum atomic E-state index is 8.97. The lowest BCUT2D eigenvalue weighted by Gasteiger charge is -2.21. The van der Waals surface area contributed by atoms with Crippen LogP contribution in [0, 0.1) is 12.8 Å². The van der Waals surface area contributed by atoms with Crippen LogP contribution in [-0.2, 0) is 6.54 Å². The highest BCUT2D eigenvalue weighted by Gasteiger charge is 2.22. The Morgan fingerprint density at radius 1 is 1.47 bits per heavy atom. The Balaban J connectivity index is 2.08. The van der Waals surface area contributed by atoms with Gasteiger partial charge in [0, 0.05) is 31.9 Å². The number of hydrogen-bond acceptors (Lipinski definition) is 3. The molecule has 94 valence electrons. The summed E-state index contributed by atoms with van der Waals surface area (Å²) in [6, 6.07) is 6.47. The van der Waals surface area contributed by atoms with Gasteiger partial charge in [0.05, 0.1) is 0 Å². The van der Waals surface area contributed by atoms with Crippen LogP contribution in [-0.4, -0.2) is 24.8 Å². The molecule has 17 heavy (non-hydrogen) atoms. The van der Waals surface area contributed by atoms with E-state index in [-0.39, 0.29) is 0 Å². The summed E-state index contributed by atoms with van der Waals surface area (Å²) in [7, 11) is 0. The van der Waals surface area contributed by atoms with Gasteiger partial charge in [0.2, 0.25) is 0 Å². The first-order valence-corrected chi connectivity index (χ1v) is 6.40. The van der Waals surface area contributed by atoms with E-state index in [1.165, 1.54) is 23.2 Å². The molecule has 0 aromatic heterocycles. The zero-order valence-corrected chi connectivity index (χ0v) is 10.5. The van der Waals surface area contributed by atoms with Crippen molar-refractivity contribution in [2.75, 3.05) is 24.6 Å². The summed E-state index contributed by atoms with van der Waals surface area (Å²) in [4.78, 5) is 2.43. The summed E-state index contributed by atoms with van der Waals surface area (Å²) >= 11 is 0. The molecule has 0 saturated carbocycles. The molecule has 1 aromatic carbocycles. The molecule has 3 heteroatoms. The Kier molecular flexibility index (Phi) is 4.02. The van der Waals surface area contributed by atoms with Gasteiger partial charge in [0.1, 0.15) is 0 Å². The zero-order chi connectivity index (χ0) is 12.3. The maximum Gasteiger partial charge on any atom is 0.0434 e. The summed E-state index contributed by atoms with van der Waals surface area (Å²) in [6.07, 6.45) is 2.12. The number of nitrogens with zero attached hydrogens (tertiary/aromatic N) is 1. The molecular weight excluding hydrogens is 212 g/mol. The molecule has 0 bridgehead atoms. The van der Waals surface area contributed by atoms with Crippen molar-refractivity contribution in [3.63, 3.8) is 0 Å². The third-order valence-corrected chi connectivity index (χ3v) is 3.66. The molecule has 1 atom stereocenters. The molecule has 0 spiro atoms. The summed E-state index contributed by atoms with van der Waals surface area (Å²) in [6.45, 7) is 5.24. The van der Waals surface area contributed by atoms with Gasteiger partial charge < -0.3 is 15.7 Å². The van der Waals surface area contributed by atoms with E-state index in [9.17, 15) is 0 Å². The molecule has 1 unspecified atom stereocenters. The third-order valence-electron chi connectivity index (χ3n) is 3.66. The average molecular weight is 234 g/mol. The van der Waals surface area contributed by atoms with Crippen molar-refractivity contribution in [3.05, 3.63) is 29.3 Å². The van der Waals surface area contributed by atoms with Crippen LogP contribution < -0.4 is 10.6 Å². The van der Waals surface area contributed by atoms with Gasteiger partial charge in [-0.2, -0.15) is 0 Å². The second-order valence-corrected chi connectivity index (χ2v) is 4.94. The molecule has 1 fully saturated rings. The lowest BCUT2D eigenvalue weighted by Crippen LogP contribution is -2.21. The Morgan fingerprint density at radius 2 is 2.29 bits per heavy atom. The third kappa shape index (κ3) is 2.79. The van der Waals surface area contributed by atoms with Crippen molar-refractivity contribution in [1.29, 1.82) is 0 Å². The van der Waals surface area contributed by atoms with Crippen molar-refractivity contribution in [2.24, 2.45) is 11.7 Å². The highest BCUT2D eigenvalue weighted by molar-refractivity contribution is 5.55. The van der Waals surface area contributed by atoms with Crippen LogP contribution in [0.25, 0.3) is 0 Å². The van der Waals surface area contributed by atoms with E-state index in [1.54, 1.807) is 0 Å². The first-order valence-electron chi connectivity index (χ1n) is 6.40. The van der Waals surface area contributed by atoms with Crippen LogP contribution in [0.15, 0.2) is 18.2 Å². The molecule has 2 rings (SSSR count). The Bertz CT molecular complexity index is 378. The fourth-order valence-corrected chi connectivity index (χ4v) is 2.67. The van der Waals surface area contributed by atoms with Gasteiger partial charge in [-0.25, -0.2) is 0 Å². The van der Waals surface area contributed by atoms with Crippen LogP contribution >= 0.6 is 0 Å². The first-order chi connectivity index (χ1) is 8.24. The lowest BCUT2D eigenvalue weighted by molar-refractivity contribution is 0.263. The van der Waals surface area contributed by atoms with E-state index in [0.29, 0.717) is 19.1 Å². The number of anilines is 1. The van der Waals surface area contributed by atoms with Crippen molar-refractivity contribution >= 4 is 5.69 Å². The minimum atomic E-state index is 0.309. The zero-order valence-electron chi connectivity index (χ0n) is 10.5. The average Bonchev–Trinajstić information content (AvgIpc) is 2.78. The van der Waals surface area contributed by atoms with Gasteiger partial charge >= 0.3 is 0 Å².